The maximum atomic E-state index is 11.6. The van der Waals surface area contributed by atoms with Crippen LogP contribution in [0.3, 0.4) is 0 Å². The normalized spacial score (nSPS) is 18.3. The smallest absolute Gasteiger partial charge is 0.314 e. The van der Waals surface area contributed by atoms with Crippen molar-refractivity contribution in [2.45, 2.75) is 39.2 Å². The van der Waals surface area contributed by atoms with Crippen molar-refractivity contribution in [1.29, 1.82) is 0 Å². The van der Waals surface area contributed by atoms with Crippen LogP contribution in [0.25, 0.3) is 0 Å². The van der Waals surface area contributed by atoms with Gasteiger partial charge >= 0.3 is 5.97 Å². The number of hydrogen-bond acceptors (Lipinski definition) is 4. The minimum Gasteiger partial charge on any atom is -0.492 e. The molecule has 0 radical (unpaired) electrons. The Balaban J connectivity index is 2.06. The average Bonchev–Trinajstić information content (AvgIpc) is 2.44. The van der Waals surface area contributed by atoms with Crippen molar-refractivity contribution in [2.24, 2.45) is 5.41 Å². The van der Waals surface area contributed by atoms with E-state index in [1.807, 2.05) is 18.2 Å². The first kappa shape index (κ1) is 14.9. The lowest BCUT2D eigenvalue weighted by molar-refractivity contribution is -0.152. The predicted molar refractivity (Wildman–Crippen MR) is 75.6 cm³/mol. The molecule has 1 aromatic rings. The van der Waals surface area contributed by atoms with Crippen LogP contribution in [0.4, 0.5) is 0 Å². The molecule has 4 nitrogen and oxygen atoms in total. The third kappa shape index (κ3) is 3.12. The Morgan fingerprint density at radius 1 is 1.45 bits per heavy atom. The maximum Gasteiger partial charge on any atom is 0.314 e. The number of aryl methyl sites for hydroxylation is 1. The van der Waals surface area contributed by atoms with Gasteiger partial charge in [0.15, 0.2) is 0 Å². The number of rotatable bonds is 4. The van der Waals surface area contributed by atoms with E-state index in [-0.39, 0.29) is 18.7 Å². The molecule has 110 valence electrons. The number of aliphatic hydroxyl groups excluding tert-OH is 1. The van der Waals surface area contributed by atoms with Crippen LogP contribution in [0.1, 0.15) is 43.9 Å². The Hall–Kier alpha value is -1.55. The molecule has 0 spiro atoms. The topological polar surface area (TPSA) is 55.8 Å². The molecule has 0 bridgehead atoms. The van der Waals surface area contributed by atoms with E-state index in [4.69, 9.17) is 9.47 Å². The molecule has 0 fully saturated rings. The third-order valence-corrected chi connectivity index (χ3v) is 3.73. The van der Waals surface area contributed by atoms with Gasteiger partial charge in [-0.1, -0.05) is 6.07 Å². The van der Waals surface area contributed by atoms with Crippen molar-refractivity contribution in [3.05, 3.63) is 29.3 Å². The predicted octanol–water partition coefficient (Wildman–Crippen LogP) is 2.63. The molecule has 0 saturated heterocycles. The first-order valence-corrected chi connectivity index (χ1v) is 6.96. The number of benzene rings is 1. The molecule has 0 amide bonds. The molecule has 0 saturated carbocycles. The number of carbonyl (C=O) groups is 1. The summed E-state index contributed by atoms with van der Waals surface area (Å²) >= 11 is 0. The fraction of sp³-hybridized carbons (Fsp3) is 0.562. The Morgan fingerprint density at radius 2 is 2.20 bits per heavy atom. The third-order valence-electron chi connectivity index (χ3n) is 3.73. The van der Waals surface area contributed by atoms with E-state index >= 15 is 0 Å². The van der Waals surface area contributed by atoms with E-state index in [1.165, 1.54) is 7.11 Å². The van der Waals surface area contributed by atoms with Crippen molar-refractivity contribution in [2.75, 3.05) is 13.7 Å². The zero-order chi connectivity index (χ0) is 14.8. The molecule has 2 rings (SSSR count). The summed E-state index contributed by atoms with van der Waals surface area (Å²) in [6.07, 6.45) is 2.41. The van der Waals surface area contributed by atoms with Crippen molar-refractivity contribution in [1.82, 2.24) is 0 Å². The molecular formula is C16H22O4. The summed E-state index contributed by atoms with van der Waals surface area (Å²) in [5.74, 6) is 0.445. The summed E-state index contributed by atoms with van der Waals surface area (Å²) < 4.78 is 10.5. The van der Waals surface area contributed by atoms with Gasteiger partial charge in [-0.25, -0.2) is 0 Å². The molecule has 20 heavy (non-hydrogen) atoms. The van der Waals surface area contributed by atoms with Gasteiger partial charge in [-0.15, -0.1) is 0 Å². The van der Waals surface area contributed by atoms with Gasteiger partial charge < -0.3 is 14.6 Å². The number of methoxy groups -OCH3 is 1. The number of hydrogen-bond donors (Lipinski definition) is 1. The van der Waals surface area contributed by atoms with Crippen LogP contribution in [0.15, 0.2) is 18.2 Å². The Morgan fingerprint density at radius 3 is 2.90 bits per heavy atom. The standard InChI is InChI=1S/C16H22O4/c1-16(2,15(18)19-3)10-20-12-7-8-13-11(9-12)5-4-6-14(13)17/h7-9,14,17H,4-6,10H2,1-3H3. The molecule has 1 atom stereocenters. The lowest BCUT2D eigenvalue weighted by atomic mass is 9.89. The van der Waals surface area contributed by atoms with Crippen LogP contribution >= 0.6 is 0 Å². The highest BCUT2D eigenvalue weighted by atomic mass is 16.5. The van der Waals surface area contributed by atoms with Gasteiger partial charge in [0.2, 0.25) is 0 Å². The van der Waals surface area contributed by atoms with Crippen LogP contribution in [0, 0.1) is 5.41 Å². The van der Waals surface area contributed by atoms with Crippen LogP contribution in [-0.2, 0) is 16.0 Å². The van der Waals surface area contributed by atoms with E-state index in [0.717, 1.165) is 36.1 Å². The largest absolute Gasteiger partial charge is 0.492 e. The van der Waals surface area contributed by atoms with Crippen LogP contribution in [0.2, 0.25) is 0 Å². The van der Waals surface area contributed by atoms with E-state index in [1.54, 1.807) is 13.8 Å². The average molecular weight is 278 g/mol. The van der Waals surface area contributed by atoms with Gasteiger partial charge in [0, 0.05) is 0 Å². The fourth-order valence-corrected chi connectivity index (χ4v) is 2.45. The lowest BCUT2D eigenvalue weighted by Gasteiger charge is -2.24. The van der Waals surface area contributed by atoms with Crippen molar-refractivity contribution < 1.29 is 19.4 Å². The number of carbonyl (C=O) groups excluding carboxylic acids is 1. The Bertz CT molecular complexity index is 493. The minimum absolute atomic E-state index is 0.265. The molecule has 1 N–H and O–H groups in total. The van der Waals surface area contributed by atoms with Crippen LogP contribution in [-0.4, -0.2) is 24.8 Å². The van der Waals surface area contributed by atoms with Gasteiger partial charge in [-0.05, 0) is 56.4 Å². The molecular weight excluding hydrogens is 256 g/mol. The zero-order valence-corrected chi connectivity index (χ0v) is 12.3. The molecule has 1 aromatic carbocycles. The maximum absolute atomic E-state index is 11.6. The zero-order valence-electron chi connectivity index (χ0n) is 12.3. The Kier molecular flexibility index (Phi) is 4.33. The number of ether oxygens (including phenoxy) is 2. The molecule has 0 aliphatic heterocycles. The molecule has 0 aromatic heterocycles. The molecule has 4 heteroatoms. The first-order chi connectivity index (χ1) is 9.44. The SMILES string of the molecule is COC(=O)C(C)(C)COc1ccc2c(c1)CCCC2O. The molecule has 1 aliphatic rings. The summed E-state index contributed by atoms with van der Waals surface area (Å²) in [7, 11) is 1.38. The van der Waals surface area contributed by atoms with Gasteiger partial charge in [0.25, 0.3) is 0 Å². The van der Waals surface area contributed by atoms with Gasteiger partial charge in [-0.3, -0.25) is 4.79 Å². The highest BCUT2D eigenvalue weighted by molar-refractivity contribution is 5.75. The van der Waals surface area contributed by atoms with Crippen LogP contribution in [0.5, 0.6) is 5.75 Å². The molecule has 0 heterocycles. The first-order valence-electron chi connectivity index (χ1n) is 6.96. The molecule has 1 aliphatic carbocycles. The van der Waals surface area contributed by atoms with E-state index < -0.39 is 5.41 Å². The summed E-state index contributed by atoms with van der Waals surface area (Å²) in [6.45, 7) is 3.85. The van der Waals surface area contributed by atoms with Crippen molar-refractivity contribution >= 4 is 5.97 Å². The van der Waals surface area contributed by atoms with Crippen LogP contribution < -0.4 is 4.74 Å². The second kappa shape index (κ2) is 5.83. The highest BCUT2D eigenvalue weighted by Gasteiger charge is 2.30. The second-order valence-electron chi connectivity index (χ2n) is 5.93. The van der Waals surface area contributed by atoms with Gasteiger partial charge in [0.1, 0.15) is 12.4 Å². The summed E-state index contributed by atoms with van der Waals surface area (Å²) in [6, 6.07) is 5.73. The van der Waals surface area contributed by atoms with Gasteiger partial charge in [0.05, 0.1) is 18.6 Å². The lowest BCUT2D eigenvalue weighted by Crippen LogP contribution is -2.32. The van der Waals surface area contributed by atoms with Crippen molar-refractivity contribution in [3.8, 4) is 5.75 Å². The number of esters is 1. The minimum atomic E-state index is -0.676. The number of aliphatic hydroxyl groups is 1. The second-order valence-corrected chi connectivity index (χ2v) is 5.93. The summed E-state index contributed by atoms with van der Waals surface area (Å²) in [4.78, 5) is 11.6. The monoisotopic (exact) mass is 278 g/mol. The van der Waals surface area contributed by atoms with E-state index in [9.17, 15) is 9.90 Å². The number of fused-ring (bicyclic) bond motifs is 1. The quantitative estimate of drug-likeness (QED) is 0.860. The van der Waals surface area contributed by atoms with E-state index in [0.29, 0.717) is 0 Å². The molecule has 1 unspecified atom stereocenters. The summed E-state index contributed by atoms with van der Waals surface area (Å²) in [5, 5.41) is 9.91. The summed E-state index contributed by atoms with van der Waals surface area (Å²) in [5.41, 5.74) is 1.46. The highest BCUT2D eigenvalue weighted by Crippen LogP contribution is 2.32. The van der Waals surface area contributed by atoms with Crippen molar-refractivity contribution in [3.63, 3.8) is 0 Å². The van der Waals surface area contributed by atoms with Gasteiger partial charge in [-0.2, -0.15) is 0 Å². The fourth-order valence-electron chi connectivity index (χ4n) is 2.45. The van der Waals surface area contributed by atoms with E-state index in [2.05, 4.69) is 0 Å². The Labute approximate surface area is 119 Å².